The second-order valence-electron chi connectivity index (χ2n) is 3.71. The Morgan fingerprint density at radius 3 is 2.75 bits per heavy atom. The van der Waals surface area contributed by atoms with Crippen molar-refractivity contribution in [2.24, 2.45) is 0 Å². The zero-order chi connectivity index (χ0) is 11.4. The molecule has 0 spiro atoms. The predicted octanol–water partition coefficient (Wildman–Crippen LogP) is 3.60. The van der Waals surface area contributed by atoms with E-state index in [9.17, 15) is 0 Å². The maximum Gasteiger partial charge on any atom is 0.0954 e. The Morgan fingerprint density at radius 1 is 1.31 bits per heavy atom. The van der Waals surface area contributed by atoms with Gasteiger partial charge in [0.25, 0.3) is 0 Å². The summed E-state index contributed by atoms with van der Waals surface area (Å²) in [5.74, 6) is 0. The lowest BCUT2D eigenvalue weighted by molar-refractivity contribution is 0.554. The molecule has 2 heterocycles. The second-order valence-corrected chi connectivity index (χ2v) is 4.90. The fourth-order valence-electron chi connectivity index (χ4n) is 1.77. The Kier molecular flexibility index (Phi) is 3.80. The third-order valence-corrected chi connectivity index (χ3v) is 3.89. The maximum atomic E-state index is 5.16. The predicted molar refractivity (Wildman–Crippen MR) is 67.9 cm³/mol. The largest absolute Gasteiger partial charge is 0.472 e. The Labute approximate surface area is 100 Å². The van der Waals surface area contributed by atoms with Crippen LogP contribution in [0, 0.1) is 0 Å². The van der Waals surface area contributed by atoms with E-state index in [0.717, 1.165) is 13.0 Å². The summed E-state index contributed by atoms with van der Waals surface area (Å²) in [5, 5.41) is 3.49. The molecular formula is C13H17NOS. The number of rotatable bonds is 5. The van der Waals surface area contributed by atoms with Gasteiger partial charge >= 0.3 is 0 Å². The standard InChI is InChI=1S/C13H17NOS/c1-3-11-5-6-12(16-11)13(14-4-2)10-7-8-15-9-10/h5-9,13-14H,3-4H2,1-2H3. The van der Waals surface area contributed by atoms with Gasteiger partial charge in [-0.1, -0.05) is 13.8 Å². The summed E-state index contributed by atoms with van der Waals surface area (Å²) >= 11 is 1.87. The minimum atomic E-state index is 0.272. The molecule has 0 aromatic carbocycles. The van der Waals surface area contributed by atoms with Gasteiger partial charge in [0.15, 0.2) is 0 Å². The molecule has 0 amide bonds. The molecule has 2 aromatic heterocycles. The van der Waals surface area contributed by atoms with Crippen LogP contribution in [0.2, 0.25) is 0 Å². The lowest BCUT2D eigenvalue weighted by atomic mass is 10.1. The third-order valence-electron chi connectivity index (χ3n) is 2.60. The number of hydrogen-bond acceptors (Lipinski definition) is 3. The molecule has 0 bridgehead atoms. The highest BCUT2D eigenvalue weighted by Gasteiger charge is 2.15. The van der Waals surface area contributed by atoms with Gasteiger partial charge in [0.1, 0.15) is 0 Å². The van der Waals surface area contributed by atoms with E-state index in [1.165, 1.54) is 15.3 Å². The molecule has 0 fully saturated rings. The number of hydrogen-bond donors (Lipinski definition) is 1. The highest BCUT2D eigenvalue weighted by atomic mass is 32.1. The molecule has 2 rings (SSSR count). The molecule has 3 heteroatoms. The third kappa shape index (κ3) is 2.36. The van der Waals surface area contributed by atoms with Gasteiger partial charge in [-0.2, -0.15) is 0 Å². The van der Waals surface area contributed by atoms with Gasteiger partial charge in [-0.05, 0) is 31.2 Å². The molecule has 1 N–H and O–H groups in total. The monoisotopic (exact) mass is 235 g/mol. The molecule has 0 aliphatic carbocycles. The van der Waals surface area contributed by atoms with Crippen molar-refractivity contribution in [2.45, 2.75) is 26.3 Å². The van der Waals surface area contributed by atoms with Crippen molar-refractivity contribution >= 4 is 11.3 Å². The molecule has 0 radical (unpaired) electrons. The number of thiophene rings is 1. The molecule has 1 atom stereocenters. The molecule has 2 nitrogen and oxygen atoms in total. The summed E-state index contributed by atoms with van der Waals surface area (Å²) in [4.78, 5) is 2.79. The lowest BCUT2D eigenvalue weighted by Crippen LogP contribution is -2.20. The first kappa shape index (κ1) is 11.4. The van der Waals surface area contributed by atoms with Crippen LogP contribution in [-0.4, -0.2) is 6.54 Å². The van der Waals surface area contributed by atoms with E-state index < -0.39 is 0 Å². The van der Waals surface area contributed by atoms with Crippen LogP contribution in [0.5, 0.6) is 0 Å². The van der Waals surface area contributed by atoms with Gasteiger partial charge in [-0.25, -0.2) is 0 Å². The molecule has 86 valence electrons. The summed E-state index contributed by atoms with van der Waals surface area (Å²) in [6.07, 6.45) is 4.65. The van der Waals surface area contributed by atoms with Gasteiger partial charge in [-0.3, -0.25) is 0 Å². The molecule has 0 aliphatic heterocycles. The van der Waals surface area contributed by atoms with Crippen molar-refractivity contribution in [3.05, 3.63) is 46.0 Å². The van der Waals surface area contributed by atoms with E-state index in [2.05, 4.69) is 31.3 Å². The Bertz CT molecular complexity index is 419. The number of furan rings is 1. The summed E-state index contributed by atoms with van der Waals surface area (Å²) in [7, 11) is 0. The smallest absolute Gasteiger partial charge is 0.0954 e. The molecule has 2 aromatic rings. The molecule has 0 saturated heterocycles. The average molecular weight is 235 g/mol. The van der Waals surface area contributed by atoms with E-state index in [1.807, 2.05) is 23.7 Å². The van der Waals surface area contributed by atoms with Crippen molar-refractivity contribution in [1.29, 1.82) is 0 Å². The molecule has 0 saturated carbocycles. The van der Waals surface area contributed by atoms with Crippen LogP contribution in [0.25, 0.3) is 0 Å². The van der Waals surface area contributed by atoms with Crippen LogP contribution in [0.4, 0.5) is 0 Å². The Hall–Kier alpha value is -1.06. The molecule has 16 heavy (non-hydrogen) atoms. The normalized spacial score (nSPS) is 12.9. The van der Waals surface area contributed by atoms with E-state index >= 15 is 0 Å². The zero-order valence-corrected chi connectivity index (χ0v) is 10.5. The van der Waals surface area contributed by atoms with Crippen molar-refractivity contribution in [3.63, 3.8) is 0 Å². The van der Waals surface area contributed by atoms with Crippen molar-refractivity contribution < 1.29 is 4.42 Å². The lowest BCUT2D eigenvalue weighted by Gasteiger charge is -2.14. The van der Waals surface area contributed by atoms with Gasteiger partial charge in [0, 0.05) is 15.3 Å². The van der Waals surface area contributed by atoms with Crippen LogP contribution in [-0.2, 0) is 6.42 Å². The van der Waals surface area contributed by atoms with Crippen LogP contribution in [0.15, 0.2) is 35.1 Å². The zero-order valence-electron chi connectivity index (χ0n) is 9.69. The number of nitrogens with one attached hydrogen (secondary N) is 1. The Balaban J connectivity index is 2.25. The van der Waals surface area contributed by atoms with Crippen molar-refractivity contribution in [3.8, 4) is 0 Å². The minimum Gasteiger partial charge on any atom is -0.472 e. The van der Waals surface area contributed by atoms with Crippen LogP contribution in [0.3, 0.4) is 0 Å². The number of aryl methyl sites for hydroxylation is 1. The van der Waals surface area contributed by atoms with Crippen LogP contribution >= 0.6 is 11.3 Å². The average Bonchev–Trinajstić information content (AvgIpc) is 2.97. The quantitative estimate of drug-likeness (QED) is 0.856. The van der Waals surface area contributed by atoms with Gasteiger partial charge in [0.2, 0.25) is 0 Å². The highest BCUT2D eigenvalue weighted by molar-refractivity contribution is 7.12. The van der Waals surface area contributed by atoms with Gasteiger partial charge in [0.05, 0.1) is 18.6 Å². The first-order valence-electron chi connectivity index (χ1n) is 5.69. The molecular weight excluding hydrogens is 218 g/mol. The van der Waals surface area contributed by atoms with Gasteiger partial charge in [-0.15, -0.1) is 11.3 Å². The highest BCUT2D eigenvalue weighted by Crippen LogP contribution is 2.29. The first-order chi connectivity index (χ1) is 7.85. The van der Waals surface area contributed by atoms with E-state index in [1.54, 1.807) is 6.26 Å². The minimum absolute atomic E-state index is 0.272. The van der Waals surface area contributed by atoms with E-state index in [4.69, 9.17) is 4.42 Å². The summed E-state index contributed by atoms with van der Waals surface area (Å²) in [5.41, 5.74) is 1.20. The first-order valence-corrected chi connectivity index (χ1v) is 6.50. The summed E-state index contributed by atoms with van der Waals surface area (Å²) in [6, 6.07) is 6.72. The molecule has 1 unspecified atom stereocenters. The van der Waals surface area contributed by atoms with Gasteiger partial charge < -0.3 is 9.73 Å². The fraction of sp³-hybridized carbons (Fsp3) is 0.385. The topological polar surface area (TPSA) is 25.2 Å². The SMILES string of the molecule is CCNC(c1ccoc1)c1ccc(CC)s1. The summed E-state index contributed by atoms with van der Waals surface area (Å²) < 4.78 is 5.16. The summed E-state index contributed by atoms with van der Waals surface area (Å²) in [6.45, 7) is 5.27. The van der Waals surface area contributed by atoms with Crippen molar-refractivity contribution in [2.75, 3.05) is 6.54 Å². The van der Waals surface area contributed by atoms with Crippen LogP contribution in [0.1, 0.15) is 35.2 Å². The Morgan fingerprint density at radius 2 is 2.19 bits per heavy atom. The maximum absolute atomic E-state index is 5.16. The second kappa shape index (κ2) is 5.32. The fourth-order valence-corrected chi connectivity index (χ4v) is 2.82. The van der Waals surface area contributed by atoms with E-state index in [-0.39, 0.29) is 6.04 Å². The van der Waals surface area contributed by atoms with Crippen LogP contribution < -0.4 is 5.32 Å². The molecule has 0 aliphatic rings. The van der Waals surface area contributed by atoms with E-state index in [0.29, 0.717) is 0 Å². The van der Waals surface area contributed by atoms with Crippen molar-refractivity contribution in [1.82, 2.24) is 5.32 Å².